The molecule has 0 bridgehead atoms. The van der Waals surface area contributed by atoms with Crippen LogP contribution in [0, 0.1) is 5.92 Å². The summed E-state index contributed by atoms with van der Waals surface area (Å²) in [6, 6.07) is 10.2. The Morgan fingerprint density at radius 2 is 1.94 bits per heavy atom. The van der Waals surface area contributed by atoms with Crippen molar-refractivity contribution >= 4 is 23.2 Å². The van der Waals surface area contributed by atoms with E-state index in [0.29, 0.717) is 32.0 Å². The summed E-state index contributed by atoms with van der Waals surface area (Å²) in [5, 5.41) is 2.10. The van der Waals surface area contributed by atoms with Gasteiger partial charge in [-0.05, 0) is 65.8 Å². The van der Waals surface area contributed by atoms with Crippen LogP contribution in [0.25, 0.3) is 0 Å². The minimum absolute atomic E-state index is 0.0201. The van der Waals surface area contributed by atoms with Crippen LogP contribution in [0.15, 0.2) is 35.7 Å². The first-order chi connectivity index (χ1) is 17.3. The van der Waals surface area contributed by atoms with Crippen molar-refractivity contribution in [1.82, 2.24) is 9.80 Å². The van der Waals surface area contributed by atoms with Crippen LogP contribution in [0.4, 0.5) is 0 Å². The Labute approximate surface area is 219 Å². The summed E-state index contributed by atoms with van der Waals surface area (Å²) < 4.78 is 12.0. The quantitative estimate of drug-likeness (QED) is 0.426. The largest absolute Gasteiger partial charge is 0.491 e. The molecular weight excluding hydrogens is 472 g/mol. The SMILES string of the molecule is CC(C)CC(=O)N(CC(=O)N1CCc2sccc2[C@@H]1COc1ccc(C(C)C)cc1)C[C@H]1CCCO1. The van der Waals surface area contributed by atoms with Crippen molar-refractivity contribution < 1.29 is 19.1 Å². The predicted molar refractivity (Wildman–Crippen MR) is 144 cm³/mol. The molecule has 1 aromatic heterocycles. The van der Waals surface area contributed by atoms with Crippen molar-refractivity contribution in [2.45, 2.75) is 71.4 Å². The highest BCUT2D eigenvalue weighted by Gasteiger charge is 2.34. The first-order valence-corrected chi connectivity index (χ1v) is 14.2. The molecule has 0 spiro atoms. The molecule has 2 aromatic rings. The van der Waals surface area contributed by atoms with Gasteiger partial charge in [0.2, 0.25) is 11.8 Å². The van der Waals surface area contributed by atoms with Gasteiger partial charge in [-0.2, -0.15) is 0 Å². The Morgan fingerprint density at radius 1 is 1.17 bits per heavy atom. The van der Waals surface area contributed by atoms with Crippen LogP contribution in [0.3, 0.4) is 0 Å². The zero-order valence-electron chi connectivity index (χ0n) is 22.1. The first kappa shape index (κ1) is 26.7. The normalized spacial score (nSPS) is 19.6. The van der Waals surface area contributed by atoms with Crippen molar-refractivity contribution in [2.75, 3.05) is 32.8 Å². The second-order valence-corrected chi connectivity index (χ2v) is 11.7. The van der Waals surface area contributed by atoms with Crippen molar-refractivity contribution in [2.24, 2.45) is 5.92 Å². The van der Waals surface area contributed by atoms with Crippen LogP contribution < -0.4 is 4.74 Å². The molecule has 1 aromatic carbocycles. The van der Waals surface area contributed by atoms with Gasteiger partial charge in [-0.25, -0.2) is 0 Å². The van der Waals surface area contributed by atoms with E-state index in [1.807, 2.05) is 30.9 Å². The van der Waals surface area contributed by atoms with E-state index in [1.54, 1.807) is 16.2 Å². The lowest BCUT2D eigenvalue weighted by Crippen LogP contribution is -2.49. The molecule has 36 heavy (non-hydrogen) atoms. The van der Waals surface area contributed by atoms with E-state index in [0.717, 1.165) is 37.2 Å². The number of hydrogen-bond donors (Lipinski definition) is 0. The number of nitrogens with zero attached hydrogens (tertiary/aromatic N) is 2. The molecule has 0 aliphatic carbocycles. The lowest BCUT2D eigenvalue weighted by atomic mass is 10.00. The molecule has 7 heteroatoms. The summed E-state index contributed by atoms with van der Waals surface area (Å²) in [4.78, 5) is 31.7. The van der Waals surface area contributed by atoms with Gasteiger partial charge in [-0.3, -0.25) is 9.59 Å². The monoisotopic (exact) mass is 512 g/mol. The number of carbonyl (C=O) groups excluding carboxylic acids is 2. The van der Waals surface area contributed by atoms with Gasteiger partial charge in [-0.15, -0.1) is 11.3 Å². The van der Waals surface area contributed by atoms with Crippen LogP contribution >= 0.6 is 11.3 Å². The lowest BCUT2D eigenvalue weighted by Gasteiger charge is -2.37. The molecule has 0 saturated carbocycles. The van der Waals surface area contributed by atoms with E-state index in [2.05, 4.69) is 37.4 Å². The number of carbonyl (C=O) groups is 2. The van der Waals surface area contributed by atoms with Gasteiger partial charge in [0.15, 0.2) is 0 Å². The smallest absolute Gasteiger partial charge is 0.242 e. The molecular formula is C29H40N2O4S. The van der Waals surface area contributed by atoms with Crippen molar-refractivity contribution in [3.8, 4) is 5.75 Å². The number of fused-ring (bicyclic) bond motifs is 1. The molecule has 2 aliphatic rings. The highest BCUT2D eigenvalue weighted by molar-refractivity contribution is 7.10. The van der Waals surface area contributed by atoms with Crippen molar-refractivity contribution in [3.63, 3.8) is 0 Å². The number of rotatable bonds is 10. The predicted octanol–water partition coefficient (Wildman–Crippen LogP) is 5.43. The molecule has 0 N–H and O–H groups in total. The molecule has 4 rings (SSSR count). The summed E-state index contributed by atoms with van der Waals surface area (Å²) in [6.07, 6.45) is 3.24. The van der Waals surface area contributed by atoms with Gasteiger partial charge < -0.3 is 19.3 Å². The molecule has 2 atom stereocenters. The molecule has 2 amide bonds. The maximum absolute atomic E-state index is 13.7. The van der Waals surface area contributed by atoms with E-state index in [4.69, 9.17) is 9.47 Å². The Balaban J connectivity index is 1.47. The second kappa shape index (κ2) is 12.2. The fourth-order valence-electron chi connectivity index (χ4n) is 5.02. The maximum atomic E-state index is 13.7. The minimum Gasteiger partial charge on any atom is -0.491 e. The van der Waals surface area contributed by atoms with Crippen LogP contribution in [0.2, 0.25) is 0 Å². The van der Waals surface area contributed by atoms with Crippen LogP contribution in [0.5, 0.6) is 5.75 Å². The van der Waals surface area contributed by atoms with Crippen LogP contribution in [-0.2, 0) is 20.7 Å². The molecule has 0 unspecified atom stereocenters. The van der Waals surface area contributed by atoms with Gasteiger partial charge in [-0.1, -0.05) is 39.8 Å². The van der Waals surface area contributed by atoms with E-state index in [9.17, 15) is 9.59 Å². The molecule has 196 valence electrons. The fraction of sp³-hybridized carbons (Fsp3) is 0.586. The first-order valence-electron chi connectivity index (χ1n) is 13.3. The standard InChI is InChI=1S/C29H40N2O4S/c1-20(2)16-28(32)30(17-24-6-5-14-34-24)18-29(33)31-13-11-27-25(12-15-36-27)26(31)19-35-23-9-7-22(8-10-23)21(3)4/h7-10,12,15,20-21,24,26H,5-6,11,13-14,16-19H2,1-4H3/t24-,26+/m1/s1. The fourth-order valence-corrected chi connectivity index (χ4v) is 5.95. The summed E-state index contributed by atoms with van der Waals surface area (Å²) in [7, 11) is 0. The Kier molecular flexibility index (Phi) is 9.07. The number of amides is 2. The second-order valence-electron chi connectivity index (χ2n) is 10.7. The van der Waals surface area contributed by atoms with Gasteiger partial charge in [0.25, 0.3) is 0 Å². The minimum atomic E-state index is -0.165. The van der Waals surface area contributed by atoms with Crippen molar-refractivity contribution in [1.29, 1.82) is 0 Å². The molecule has 6 nitrogen and oxygen atoms in total. The van der Waals surface area contributed by atoms with Gasteiger partial charge in [0.05, 0.1) is 18.7 Å². The van der Waals surface area contributed by atoms with E-state index < -0.39 is 0 Å². The Morgan fingerprint density at radius 3 is 2.61 bits per heavy atom. The number of ether oxygens (including phenoxy) is 2. The third kappa shape index (κ3) is 6.68. The zero-order valence-corrected chi connectivity index (χ0v) is 22.9. The van der Waals surface area contributed by atoms with E-state index in [1.165, 1.54) is 10.4 Å². The topological polar surface area (TPSA) is 59.1 Å². The molecule has 1 fully saturated rings. The lowest BCUT2D eigenvalue weighted by molar-refractivity contribution is -0.144. The van der Waals surface area contributed by atoms with E-state index >= 15 is 0 Å². The Hall–Kier alpha value is -2.38. The highest BCUT2D eigenvalue weighted by Crippen LogP contribution is 2.34. The van der Waals surface area contributed by atoms with Gasteiger partial charge in [0.1, 0.15) is 12.4 Å². The number of hydrogen-bond acceptors (Lipinski definition) is 5. The van der Waals surface area contributed by atoms with Crippen molar-refractivity contribution in [3.05, 3.63) is 51.7 Å². The average molecular weight is 513 g/mol. The zero-order chi connectivity index (χ0) is 25.7. The third-order valence-electron chi connectivity index (χ3n) is 7.08. The summed E-state index contributed by atoms with van der Waals surface area (Å²) >= 11 is 1.74. The average Bonchev–Trinajstić information content (AvgIpc) is 3.54. The maximum Gasteiger partial charge on any atom is 0.242 e. The summed E-state index contributed by atoms with van der Waals surface area (Å²) in [5.41, 5.74) is 2.44. The number of thiophene rings is 1. The molecule has 0 radical (unpaired) electrons. The van der Waals surface area contributed by atoms with Gasteiger partial charge >= 0.3 is 0 Å². The van der Waals surface area contributed by atoms with Crippen LogP contribution in [0.1, 0.15) is 74.9 Å². The number of benzene rings is 1. The van der Waals surface area contributed by atoms with Crippen LogP contribution in [-0.4, -0.2) is 60.6 Å². The summed E-state index contributed by atoms with van der Waals surface area (Å²) in [6.45, 7) is 10.8. The Bertz CT molecular complexity index is 1010. The molecule has 2 aliphatic heterocycles. The third-order valence-corrected chi connectivity index (χ3v) is 8.08. The van der Waals surface area contributed by atoms with E-state index in [-0.39, 0.29) is 36.4 Å². The van der Waals surface area contributed by atoms with Gasteiger partial charge in [0, 0.05) is 31.0 Å². The highest BCUT2D eigenvalue weighted by atomic mass is 32.1. The summed E-state index contributed by atoms with van der Waals surface area (Å²) in [5.74, 6) is 1.52. The molecule has 3 heterocycles. The molecule has 1 saturated heterocycles.